The molecule has 0 saturated heterocycles. The van der Waals surface area contributed by atoms with E-state index in [0.29, 0.717) is 13.0 Å². The van der Waals surface area contributed by atoms with Crippen molar-refractivity contribution < 1.29 is 26.8 Å². The summed E-state index contributed by atoms with van der Waals surface area (Å²) in [5.74, 6) is -2.54. The molecule has 198 valence electrons. The van der Waals surface area contributed by atoms with Gasteiger partial charge in [0.1, 0.15) is 6.04 Å². The van der Waals surface area contributed by atoms with Crippen molar-refractivity contribution in [3.05, 3.63) is 65.7 Å². The third kappa shape index (κ3) is 8.58. The number of amides is 2. The molecule has 0 fully saturated rings. The monoisotopic (exact) mass is 523 g/mol. The molecular formula is C26H35F2N3O4S. The lowest BCUT2D eigenvalue weighted by molar-refractivity contribution is -0.141. The maximum Gasteiger partial charge on any atom is 0.242 e. The fraction of sp³-hybridized carbons (Fsp3) is 0.462. The summed E-state index contributed by atoms with van der Waals surface area (Å²) >= 11 is 0. The molecule has 2 aromatic carbocycles. The quantitative estimate of drug-likeness (QED) is 0.429. The highest BCUT2D eigenvalue weighted by molar-refractivity contribution is 7.92. The number of nitrogens with zero attached hydrogens (tertiary/aromatic N) is 2. The van der Waals surface area contributed by atoms with E-state index in [2.05, 4.69) is 5.32 Å². The maximum atomic E-state index is 13.7. The van der Waals surface area contributed by atoms with E-state index in [1.165, 1.54) is 11.0 Å². The van der Waals surface area contributed by atoms with Crippen LogP contribution in [0.4, 0.5) is 14.5 Å². The van der Waals surface area contributed by atoms with Gasteiger partial charge >= 0.3 is 0 Å². The number of nitrogens with one attached hydrogen (secondary N) is 1. The molecule has 0 aliphatic heterocycles. The summed E-state index contributed by atoms with van der Waals surface area (Å²) in [5.41, 5.74) is 0.838. The summed E-state index contributed by atoms with van der Waals surface area (Å²) in [7, 11) is -3.81. The number of hydrogen-bond acceptors (Lipinski definition) is 4. The van der Waals surface area contributed by atoms with Gasteiger partial charge in [-0.05, 0) is 36.5 Å². The summed E-state index contributed by atoms with van der Waals surface area (Å²) in [6.07, 6.45) is 1.47. The van der Waals surface area contributed by atoms with Crippen LogP contribution < -0.4 is 9.62 Å². The minimum absolute atomic E-state index is 0.0236. The smallest absolute Gasteiger partial charge is 0.242 e. The molecule has 0 heterocycles. The molecule has 10 heteroatoms. The van der Waals surface area contributed by atoms with Gasteiger partial charge in [0.15, 0.2) is 11.6 Å². The van der Waals surface area contributed by atoms with Gasteiger partial charge in [0.2, 0.25) is 21.8 Å². The van der Waals surface area contributed by atoms with Gasteiger partial charge in [0.25, 0.3) is 0 Å². The normalized spacial score (nSPS) is 12.3. The van der Waals surface area contributed by atoms with E-state index in [4.69, 9.17) is 0 Å². The van der Waals surface area contributed by atoms with Gasteiger partial charge in [-0.1, -0.05) is 51.1 Å². The number of carbonyl (C=O) groups is 2. The van der Waals surface area contributed by atoms with Crippen molar-refractivity contribution in [1.82, 2.24) is 10.2 Å². The number of hydrogen-bond donors (Lipinski definition) is 1. The Hall–Kier alpha value is -3.01. The third-order valence-electron chi connectivity index (χ3n) is 5.61. The van der Waals surface area contributed by atoms with Crippen LogP contribution in [0.1, 0.15) is 45.6 Å². The first-order valence-electron chi connectivity index (χ1n) is 12.0. The summed E-state index contributed by atoms with van der Waals surface area (Å²) in [6.45, 7) is 6.40. The van der Waals surface area contributed by atoms with Crippen molar-refractivity contribution in [2.45, 2.75) is 52.6 Å². The Balaban J connectivity index is 2.19. The van der Waals surface area contributed by atoms with E-state index in [0.717, 1.165) is 28.3 Å². The Labute approximate surface area is 212 Å². The van der Waals surface area contributed by atoms with Crippen molar-refractivity contribution >= 4 is 27.5 Å². The average molecular weight is 524 g/mol. The van der Waals surface area contributed by atoms with Gasteiger partial charge in [-0.2, -0.15) is 0 Å². The highest BCUT2D eigenvalue weighted by Gasteiger charge is 2.29. The second-order valence-corrected chi connectivity index (χ2v) is 11.0. The lowest BCUT2D eigenvalue weighted by Gasteiger charge is -2.31. The second-order valence-electron chi connectivity index (χ2n) is 9.11. The van der Waals surface area contributed by atoms with Crippen molar-refractivity contribution in [3.63, 3.8) is 0 Å². The van der Waals surface area contributed by atoms with Crippen LogP contribution in [-0.4, -0.2) is 50.5 Å². The topological polar surface area (TPSA) is 86.8 Å². The molecule has 0 spiro atoms. The maximum absolute atomic E-state index is 13.7. The fourth-order valence-electron chi connectivity index (χ4n) is 3.77. The Kier molecular flexibility index (Phi) is 10.8. The number of rotatable bonds is 13. The number of anilines is 1. The van der Waals surface area contributed by atoms with Crippen LogP contribution in [-0.2, 0) is 26.2 Å². The lowest BCUT2D eigenvalue weighted by atomic mass is 10.1. The van der Waals surface area contributed by atoms with Gasteiger partial charge in [0.05, 0.1) is 11.9 Å². The van der Waals surface area contributed by atoms with E-state index >= 15 is 0 Å². The predicted octanol–water partition coefficient (Wildman–Crippen LogP) is 4.09. The molecule has 0 aliphatic carbocycles. The largest absolute Gasteiger partial charge is 0.354 e. The molecule has 2 amide bonds. The molecule has 0 aromatic heterocycles. The highest BCUT2D eigenvalue weighted by atomic mass is 32.2. The van der Waals surface area contributed by atoms with Crippen LogP contribution in [0.25, 0.3) is 0 Å². The molecule has 0 aliphatic rings. The van der Waals surface area contributed by atoms with Gasteiger partial charge in [0, 0.05) is 32.1 Å². The zero-order valence-corrected chi connectivity index (χ0v) is 22.0. The van der Waals surface area contributed by atoms with Crippen molar-refractivity contribution in [2.75, 3.05) is 23.7 Å². The van der Waals surface area contributed by atoms with Crippen LogP contribution in [0.5, 0.6) is 0 Å². The Morgan fingerprint density at radius 1 is 1.03 bits per heavy atom. The average Bonchev–Trinajstić information content (AvgIpc) is 2.82. The first-order chi connectivity index (χ1) is 16.9. The molecule has 0 bridgehead atoms. The first-order valence-corrected chi connectivity index (χ1v) is 13.8. The van der Waals surface area contributed by atoms with E-state index in [9.17, 15) is 26.8 Å². The Morgan fingerprint density at radius 2 is 1.69 bits per heavy atom. The van der Waals surface area contributed by atoms with Crippen LogP contribution >= 0.6 is 0 Å². The van der Waals surface area contributed by atoms with Crippen LogP contribution in [0.2, 0.25) is 0 Å². The van der Waals surface area contributed by atoms with E-state index in [1.54, 1.807) is 0 Å². The summed E-state index contributed by atoms with van der Waals surface area (Å²) in [5, 5.41) is 2.89. The van der Waals surface area contributed by atoms with Crippen LogP contribution in [0.15, 0.2) is 48.5 Å². The van der Waals surface area contributed by atoms with Crippen LogP contribution in [0.3, 0.4) is 0 Å². The SMILES string of the molecule is CC[C@@H](C(=O)NCC(C)C)N(Cc1ccccc1)C(=O)CCCN(c1ccc(F)c(F)c1)S(C)(=O)=O. The molecule has 0 saturated carbocycles. The molecule has 2 rings (SSSR count). The molecular weight excluding hydrogens is 488 g/mol. The van der Waals surface area contributed by atoms with Crippen LogP contribution in [0, 0.1) is 17.6 Å². The van der Waals surface area contributed by atoms with Crippen molar-refractivity contribution in [2.24, 2.45) is 5.92 Å². The molecule has 2 aromatic rings. The zero-order chi connectivity index (χ0) is 26.9. The zero-order valence-electron chi connectivity index (χ0n) is 21.2. The molecule has 0 radical (unpaired) electrons. The summed E-state index contributed by atoms with van der Waals surface area (Å²) < 4.78 is 52.6. The Morgan fingerprint density at radius 3 is 2.25 bits per heavy atom. The number of benzene rings is 2. The molecule has 7 nitrogen and oxygen atoms in total. The Bertz CT molecular complexity index is 1130. The van der Waals surface area contributed by atoms with E-state index < -0.39 is 27.7 Å². The van der Waals surface area contributed by atoms with Gasteiger partial charge in [-0.3, -0.25) is 13.9 Å². The standard InChI is InChI=1S/C26H35F2N3O4S/c1-5-24(26(33)29-17-19(2)3)30(18-20-10-7-6-8-11-20)25(32)12-9-15-31(36(4,34)35)21-13-14-22(27)23(28)16-21/h6-8,10-11,13-14,16,19,24H,5,9,12,15,17-18H2,1-4H3,(H,29,33)/t24-/m0/s1. The number of halogens is 2. The van der Waals surface area contributed by atoms with E-state index in [1.807, 2.05) is 51.1 Å². The van der Waals surface area contributed by atoms with Gasteiger partial charge in [-0.15, -0.1) is 0 Å². The van der Waals surface area contributed by atoms with Gasteiger partial charge < -0.3 is 10.2 Å². The minimum Gasteiger partial charge on any atom is -0.354 e. The molecule has 36 heavy (non-hydrogen) atoms. The number of carbonyl (C=O) groups excluding carboxylic acids is 2. The van der Waals surface area contributed by atoms with E-state index in [-0.39, 0.29) is 49.4 Å². The first kappa shape index (κ1) is 29.2. The fourth-order valence-corrected chi connectivity index (χ4v) is 4.72. The second kappa shape index (κ2) is 13.3. The van der Waals surface area contributed by atoms with Gasteiger partial charge in [-0.25, -0.2) is 17.2 Å². The predicted molar refractivity (Wildman–Crippen MR) is 137 cm³/mol. The summed E-state index contributed by atoms with van der Waals surface area (Å²) in [6, 6.07) is 11.5. The highest BCUT2D eigenvalue weighted by Crippen LogP contribution is 2.22. The molecule has 1 atom stereocenters. The third-order valence-corrected chi connectivity index (χ3v) is 6.80. The molecule has 1 N–H and O–H groups in total. The number of sulfonamides is 1. The minimum atomic E-state index is -3.81. The summed E-state index contributed by atoms with van der Waals surface area (Å²) in [4.78, 5) is 27.8. The van der Waals surface area contributed by atoms with Crippen molar-refractivity contribution in [3.8, 4) is 0 Å². The molecule has 0 unspecified atom stereocenters. The lowest BCUT2D eigenvalue weighted by Crippen LogP contribution is -2.49. The van der Waals surface area contributed by atoms with Crippen molar-refractivity contribution in [1.29, 1.82) is 0 Å².